The number of piperidine rings is 1. The summed E-state index contributed by atoms with van der Waals surface area (Å²) in [5, 5.41) is 1.11. The van der Waals surface area contributed by atoms with E-state index in [1.54, 1.807) is 0 Å². The lowest BCUT2D eigenvalue weighted by Crippen LogP contribution is -2.47. The van der Waals surface area contributed by atoms with Gasteiger partial charge in [-0.3, -0.25) is 4.79 Å². The van der Waals surface area contributed by atoms with Crippen LogP contribution in [0.4, 0.5) is 0 Å². The van der Waals surface area contributed by atoms with Gasteiger partial charge in [-0.15, -0.1) is 0 Å². The number of hydrogen-bond acceptors (Lipinski definition) is 2. The molecular weight excluding hydrogens is 379 g/mol. The number of benzene rings is 1. The second-order valence-electron chi connectivity index (χ2n) is 8.50. The van der Waals surface area contributed by atoms with Gasteiger partial charge in [0.1, 0.15) is 0 Å². The van der Waals surface area contributed by atoms with Crippen molar-refractivity contribution in [1.29, 1.82) is 0 Å². The van der Waals surface area contributed by atoms with Crippen molar-refractivity contribution in [1.82, 2.24) is 9.80 Å². The second-order valence-corrected chi connectivity index (χ2v) is 9.31. The van der Waals surface area contributed by atoms with Crippen LogP contribution in [0.3, 0.4) is 0 Å². The van der Waals surface area contributed by atoms with E-state index in [1.165, 1.54) is 38.8 Å². The van der Waals surface area contributed by atoms with Gasteiger partial charge in [-0.1, -0.05) is 42.1 Å². The maximum atomic E-state index is 13.5. The Labute approximate surface area is 173 Å². The molecule has 1 saturated carbocycles. The van der Waals surface area contributed by atoms with Crippen molar-refractivity contribution in [2.24, 2.45) is 5.92 Å². The van der Waals surface area contributed by atoms with E-state index >= 15 is 0 Å². The number of amides is 1. The quantitative estimate of drug-likeness (QED) is 0.669. The lowest BCUT2D eigenvalue weighted by atomic mass is 9.83. The van der Waals surface area contributed by atoms with Crippen LogP contribution in [0.2, 0.25) is 10.0 Å². The Balaban J connectivity index is 1.48. The zero-order chi connectivity index (χ0) is 18.8. The summed E-state index contributed by atoms with van der Waals surface area (Å²) < 4.78 is 0. The fourth-order valence-corrected chi connectivity index (χ4v) is 5.67. The average molecular weight is 409 g/mol. The SMILES string of the molecule is O=C(C(c1ccc(Cl)c(Cl)c1)C1CCCC1)N1CCC(N2CCCC2)CC1. The number of nitrogens with zero attached hydrogens (tertiary/aromatic N) is 2. The Morgan fingerprint density at radius 3 is 2.19 bits per heavy atom. The molecule has 4 rings (SSSR count). The van der Waals surface area contributed by atoms with E-state index < -0.39 is 0 Å². The number of likely N-dealkylation sites (tertiary alicyclic amines) is 2. The van der Waals surface area contributed by atoms with Gasteiger partial charge in [0.2, 0.25) is 5.91 Å². The molecule has 27 heavy (non-hydrogen) atoms. The lowest BCUT2D eigenvalue weighted by molar-refractivity contribution is -0.135. The van der Waals surface area contributed by atoms with E-state index in [9.17, 15) is 4.79 Å². The summed E-state index contributed by atoms with van der Waals surface area (Å²) >= 11 is 12.4. The van der Waals surface area contributed by atoms with Crippen LogP contribution >= 0.6 is 23.2 Å². The molecule has 1 amide bonds. The highest BCUT2D eigenvalue weighted by molar-refractivity contribution is 6.42. The molecule has 0 spiro atoms. The van der Waals surface area contributed by atoms with Gasteiger partial charge >= 0.3 is 0 Å². The molecule has 1 aromatic rings. The first-order chi connectivity index (χ1) is 13.1. The molecule has 0 radical (unpaired) electrons. The summed E-state index contributed by atoms with van der Waals surface area (Å²) in [5.74, 6) is 0.678. The van der Waals surface area contributed by atoms with Crippen molar-refractivity contribution < 1.29 is 4.79 Å². The molecule has 1 aromatic carbocycles. The van der Waals surface area contributed by atoms with Crippen molar-refractivity contribution >= 4 is 29.1 Å². The molecule has 2 aliphatic heterocycles. The van der Waals surface area contributed by atoms with E-state index in [-0.39, 0.29) is 5.92 Å². The van der Waals surface area contributed by atoms with Crippen molar-refractivity contribution in [2.75, 3.05) is 26.2 Å². The third-order valence-corrected chi connectivity index (χ3v) is 7.61. The van der Waals surface area contributed by atoms with E-state index in [0.717, 1.165) is 44.3 Å². The molecule has 3 fully saturated rings. The minimum atomic E-state index is -0.0643. The Hall–Kier alpha value is -0.770. The lowest BCUT2D eigenvalue weighted by Gasteiger charge is -2.39. The highest BCUT2D eigenvalue weighted by atomic mass is 35.5. The Morgan fingerprint density at radius 1 is 0.889 bits per heavy atom. The topological polar surface area (TPSA) is 23.6 Å². The van der Waals surface area contributed by atoms with Gasteiger partial charge in [0, 0.05) is 19.1 Å². The molecule has 3 aliphatic rings. The van der Waals surface area contributed by atoms with Gasteiger partial charge in [-0.05, 0) is 75.2 Å². The van der Waals surface area contributed by atoms with E-state index in [0.29, 0.717) is 27.9 Å². The maximum absolute atomic E-state index is 13.5. The first kappa shape index (κ1) is 19.5. The third-order valence-electron chi connectivity index (χ3n) is 6.87. The highest BCUT2D eigenvalue weighted by Crippen LogP contribution is 2.40. The first-order valence-corrected chi connectivity index (χ1v) is 11.4. The van der Waals surface area contributed by atoms with Crippen LogP contribution in [-0.4, -0.2) is 47.9 Å². The number of halogens is 2. The minimum absolute atomic E-state index is 0.0643. The predicted octanol–water partition coefficient (Wildman–Crippen LogP) is 5.35. The number of carbonyl (C=O) groups excluding carboxylic acids is 1. The fourth-order valence-electron chi connectivity index (χ4n) is 5.37. The van der Waals surface area contributed by atoms with Crippen molar-refractivity contribution in [2.45, 2.75) is 63.3 Å². The molecule has 0 aromatic heterocycles. The van der Waals surface area contributed by atoms with Gasteiger partial charge < -0.3 is 9.80 Å². The Kier molecular flexibility index (Phi) is 6.31. The van der Waals surface area contributed by atoms with E-state index in [1.807, 2.05) is 18.2 Å². The monoisotopic (exact) mass is 408 g/mol. The standard InChI is InChI=1S/C22H30Cl2N2O/c23-19-8-7-17(15-20(19)24)21(16-5-1-2-6-16)22(27)26-13-9-18(10-14-26)25-11-3-4-12-25/h7-8,15-16,18,21H,1-6,9-14H2. The van der Waals surface area contributed by atoms with Gasteiger partial charge in [-0.25, -0.2) is 0 Å². The minimum Gasteiger partial charge on any atom is -0.342 e. The highest BCUT2D eigenvalue weighted by Gasteiger charge is 2.37. The van der Waals surface area contributed by atoms with Crippen molar-refractivity contribution in [3.8, 4) is 0 Å². The molecular formula is C22H30Cl2N2O. The summed E-state index contributed by atoms with van der Waals surface area (Å²) in [7, 11) is 0. The van der Waals surface area contributed by atoms with Crippen LogP contribution in [0.5, 0.6) is 0 Å². The second kappa shape index (κ2) is 8.71. The van der Waals surface area contributed by atoms with Gasteiger partial charge in [0.25, 0.3) is 0 Å². The number of rotatable bonds is 4. The summed E-state index contributed by atoms with van der Waals surface area (Å²) in [6, 6.07) is 6.44. The van der Waals surface area contributed by atoms with Crippen LogP contribution in [0.15, 0.2) is 18.2 Å². The molecule has 2 heterocycles. The smallest absolute Gasteiger partial charge is 0.230 e. The van der Waals surface area contributed by atoms with Crippen LogP contribution in [-0.2, 0) is 4.79 Å². The fraction of sp³-hybridized carbons (Fsp3) is 0.682. The molecule has 0 bridgehead atoms. The van der Waals surface area contributed by atoms with Crippen LogP contribution in [0.25, 0.3) is 0 Å². The molecule has 1 aliphatic carbocycles. The average Bonchev–Trinajstić information content (AvgIpc) is 3.39. The van der Waals surface area contributed by atoms with Gasteiger partial charge in [0.05, 0.1) is 16.0 Å². The number of hydrogen-bond donors (Lipinski definition) is 0. The number of carbonyl (C=O) groups is 1. The Morgan fingerprint density at radius 2 is 1.56 bits per heavy atom. The zero-order valence-corrected chi connectivity index (χ0v) is 17.5. The molecule has 148 valence electrons. The summed E-state index contributed by atoms with van der Waals surface area (Å²) in [5.41, 5.74) is 1.04. The molecule has 5 heteroatoms. The van der Waals surface area contributed by atoms with E-state index in [4.69, 9.17) is 23.2 Å². The van der Waals surface area contributed by atoms with Crippen LogP contribution in [0.1, 0.15) is 62.8 Å². The van der Waals surface area contributed by atoms with Gasteiger partial charge in [0.15, 0.2) is 0 Å². The molecule has 1 unspecified atom stereocenters. The third kappa shape index (κ3) is 4.31. The first-order valence-electron chi connectivity index (χ1n) is 10.6. The summed E-state index contributed by atoms with van der Waals surface area (Å²) in [4.78, 5) is 18.3. The normalized spacial score (nSPS) is 23.9. The zero-order valence-electron chi connectivity index (χ0n) is 16.0. The van der Waals surface area contributed by atoms with Gasteiger partial charge in [-0.2, -0.15) is 0 Å². The molecule has 1 atom stereocenters. The Bertz CT molecular complexity index is 660. The molecule has 2 saturated heterocycles. The summed E-state index contributed by atoms with van der Waals surface area (Å²) in [6.45, 7) is 4.27. The largest absolute Gasteiger partial charge is 0.342 e. The van der Waals surface area contributed by atoms with Crippen LogP contribution < -0.4 is 0 Å². The van der Waals surface area contributed by atoms with Crippen molar-refractivity contribution in [3.05, 3.63) is 33.8 Å². The van der Waals surface area contributed by atoms with Crippen LogP contribution in [0, 0.1) is 5.92 Å². The molecule has 0 N–H and O–H groups in total. The molecule has 3 nitrogen and oxygen atoms in total. The summed E-state index contributed by atoms with van der Waals surface area (Å²) in [6.07, 6.45) is 9.64. The van der Waals surface area contributed by atoms with Crippen molar-refractivity contribution in [3.63, 3.8) is 0 Å². The maximum Gasteiger partial charge on any atom is 0.230 e. The predicted molar refractivity (Wildman–Crippen MR) is 112 cm³/mol. The van der Waals surface area contributed by atoms with E-state index in [2.05, 4.69) is 9.80 Å².